The summed E-state index contributed by atoms with van der Waals surface area (Å²) in [5.41, 5.74) is 0. The zero-order valence-corrected chi connectivity index (χ0v) is 14.7. The average molecular weight is 364 g/mol. The van der Waals surface area contributed by atoms with Gasteiger partial charge in [0.1, 0.15) is 0 Å². The molecular formula is C16H28O7S. The van der Waals surface area contributed by atoms with E-state index in [1.165, 1.54) is 38.5 Å². The second kappa shape index (κ2) is 9.98. The molecule has 2 saturated carbocycles. The highest BCUT2D eigenvalue weighted by molar-refractivity contribution is 7.87. The fraction of sp³-hybridized carbons (Fsp3) is 0.875. The minimum absolute atomic E-state index is 1.14. The zero-order chi connectivity index (χ0) is 18.2. The van der Waals surface area contributed by atoms with Crippen LogP contribution in [0.3, 0.4) is 0 Å². The van der Waals surface area contributed by atoms with Crippen LogP contribution in [0.25, 0.3) is 0 Å². The minimum atomic E-state index is -4.84. The van der Waals surface area contributed by atoms with Crippen molar-refractivity contribution in [2.45, 2.75) is 75.9 Å². The number of aliphatic carboxylic acids is 2. The fourth-order valence-corrected chi connectivity index (χ4v) is 4.30. The van der Waals surface area contributed by atoms with E-state index < -0.39 is 33.7 Å². The maximum Gasteiger partial charge on any atom is 0.325 e. The van der Waals surface area contributed by atoms with Crippen LogP contribution in [0.5, 0.6) is 0 Å². The molecule has 0 radical (unpaired) electrons. The van der Waals surface area contributed by atoms with Crippen molar-refractivity contribution in [2.75, 3.05) is 0 Å². The topological polar surface area (TPSA) is 129 Å². The summed E-state index contributed by atoms with van der Waals surface area (Å²) in [6.07, 6.45) is 14.2. The van der Waals surface area contributed by atoms with Crippen LogP contribution >= 0.6 is 0 Å². The van der Waals surface area contributed by atoms with Crippen LogP contribution in [0, 0.1) is 11.8 Å². The van der Waals surface area contributed by atoms with Crippen LogP contribution in [0.1, 0.15) is 70.6 Å². The van der Waals surface area contributed by atoms with Gasteiger partial charge in [-0.1, -0.05) is 64.2 Å². The van der Waals surface area contributed by atoms with E-state index in [0.29, 0.717) is 0 Å². The van der Waals surface area contributed by atoms with Crippen LogP contribution in [0.15, 0.2) is 0 Å². The van der Waals surface area contributed by atoms with E-state index in [4.69, 9.17) is 14.8 Å². The van der Waals surface area contributed by atoms with Crippen molar-refractivity contribution in [1.29, 1.82) is 0 Å². The van der Waals surface area contributed by atoms with E-state index in [9.17, 15) is 18.0 Å². The van der Waals surface area contributed by atoms with Gasteiger partial charge in [0.15, 0.2) is 5.25 Å². The van der Waals surface area contributed by atoms with Crippen LogP contribution in [0.4, 0.5) is 0 Å². The summed E-state index contributed by atoms with van der Waals surface area (Å²) in [5, 5.41) is 13.9. The lowest BCUT2D eigenvalue weighted by molar-refractivity contribution is -0.143. The van der Waals surface area contributed by atoms with Crippen molar-refractivity contribution < 1.29 is 32.8 Å². The molecule has 8 heteroatoms. The van der Waals surface area contributed by atoms with Gasteiger partial charge in [-0.25, -0.2) is 0 Å². The average Bonchev–Trinajstić information content (AvgIpc) is 2.53. The summed E-state index contributed by atoms with van der Waals surface area (Å²) >= 11 is 0. The Hall–Kier alpha value is -1.15. The summed E-state index contributed by atoms with van der Waals surface area (Å²) in [6, 6.07) is 0. The highest BCUT2D eigenvalue weighted by Crippen LogP contribution is 2.37. The van der Waals surface area contributed by atoms with Crippen LogP contribution < -0.4 is 0 Å². The number of rotatable bonds is 5. The molecule has 0 aliphatic heterocycles. The van der Waals surface area contributed by atoms with E-state index in [-0.39, 0.29) is 0 Å². The maximum absolute atomic E-state index is 10.2. The lowest BCUT2D eigenvalue weighted by atomic mass is 9.73. The first-order chi connectivity index (χ1) is 11.2. The van der Waals surface area contributed by atoms with Gasteiger partial charge in [0.05, 0.1) is 6.42 Å². The fourth-order valence-electron chi connectivity index (χ4n) is 3.69. The van der Waals surface area contributed by atoms with Gasteiger partial charge in [-0.05, 0) is 11.8 Å². The molecule has 0 saturated heterocycles. The number of carboxylic acid groups (broad SMARTS) is 2. The number of hydrogen-bond acceptors (Lipinski definition) is 4. The molecule has 7 nitrogen and oxygen atoms in total. The van der Waals surface area contributed by atoms with Gasteiger partial charge in [-0.2, -0.15) is 8.42 Å². The van der Waals surface area contributed by atoms with Crippen molar-refractivity contribution in [2.24, 2.45) is 11.8 Å². The van der Waals surface area contributed by atoms with Crippen LogP contribution in [-0.2, 0) is 19.7 Å². The third kappa shape index (κ3) is 7.61. The first-order valence-electron chi connectivity index (χ1n) is 8.62. The molecule has 24 heavy (non-hydrogen) atoms. The molecule has 1 atom stereocenters. The van der Waals surface area contributed by atoms with E-state index in [1.807, 2.05) is 0 Å². The molecule has 140 valence electrons. The molecule has 1 unspecified atom stereocenters. The normalized spacial score (nSPS) is 21.4. The molecular weight excluding hydrogens is 336 g/mol. The smallest absolute Gasteiger partial charge is 0.325 e. The molecule has 0 heterocycles. The summed E-state index contributed by atoms with van der Waals surface area (Å²) in [6.45, 7) is 0. The largest absolute Gasteiger partial charge is 0.481 e. The van der Waals surface area contributed by atoms with Gasteiger partial charge < -0.3 is 10.2 Å². The van der Waals surface area contributed by atoms with Crippen LogP contribution in [0.2, 0.25) is 0 Å². The minimum Gasteiger partial charge on any atom is -0.481 e. The lowest BCUT2D eigenvalue weighted by Gasteiger charge is -2.32. The molecule has 2 fully saturated rings. The zero-order valence-electron chi connectivity index (χ0n) is 13.9. The standard InChI is InChI=1S/C12H22.C4H6O7S/c1-3-7-11(8-4-1)12-9-5-2-6-10-12;5-3(6)1-2(4(7)8)12(9,10)11/h11-12H,1-10H2;2H,1H2,(H,5,6)(H,7,8)(H,9,10,11). The van der Waals surface area contributed by atoms with Gasteiger partial charge >= 0.3 is 11.9 Å². The highest BCUT2D eigenvalue weighted by atomic mass is 32.2. The molecule has 0 bridgehead atoms. The third-order valence-corrected chi connectivity index (χ3v) is 6.05. The van der Waals surface area contributed by atoms with Crippen molar-refractivity contribution in [3.8, 4) is 0 Å². The van der Waals surface area contributed by atoms with E-state index >= 15 is 0 Å². The maximum atomic E-state index is 10.2. The van der Waals surface area contributed by atoms with Gasteiger partial charge in [0.25, 0.3) is 10.1 Å². The first-order valence-corrected chi connectivity index (χ1v) is 10.1. The Kier molecular flexibility index (Phi) is 8.69. The summed E-state index contributed by atoms with van der Waals surface area (Å²) in [7, 11) is -4.84. The lowest BCUT2D eigenvalue weighted by Crippen LogP contribution is -2.31. The number of hydrogen-bond donors (Lipinski definition) is 3. The summed E-state index contributed by atoms with van der Waals surface area (Å²) < 4.78 is 28.7. The SMILES string of the molecule is C1CCC(C2CCCCC2)CC1.O=C(O)CC(C(=O)O)S(=O)(=O)O. The van der Waals surface area contributed by atoms with Crippen LogP contribution in [-0.4, -0.2) is 40.4 Å². The van der Waals surface area contributed by atoms with E-state index in [0.717, 1.165) is 11.8 Å². The number of carbonyl (C=O) groups is 2. The summed E-state index contributed by atoms with van der Waals surface area (Å²) in [4.78, 5) is 20.0. The molecule has 0 amide bonds. The first kappa shape index (κ1) is 20.9. The van der Waals surface area contributed by atoms with Gasteiger partial charge in [-0.15, -0.1) is 0 Å². The summed E-state index contributed by atoms with van der Waals surface area (Å²) in [5.74, 6) is -1.22. The Bertz CT molecular complexity index is 487. The predicted octanol–water partition coefficient (Wildman–Crippen LogP) is 2.95. The quantitative estimate of drug-likeness (QED) is 0.639. The van der Waals surface area contributed by atoms with Gasteiger partial charge in [0.2, 0.25) is 0 Å². The Morgan fingerprint density at radius 3 is 1.42 bits per heavy atom. The van der Waals surface area contributed by atoms with Crippen molar-refractivity contribution in [3.05, 3.63) is 0 Å². The number of carboxylic acids is 2. The molecule has 2 rings (SSSR count). The molecule has 0 spiro atoms. The molecule has 2 aliphatic rings. The Labute approximate surface area is 143 Å². The molecule has 2 aliphatic carbocycles. The second-order valence-electron chi connectivity index (χ2n) is 6.74. The Balaban J connectivity index is 0.000000240. The van der Waals surface area contributed by atoms with Gasteiger partial charge in [0, 0.05) is 0 Å². The molecule has 3 N–H and O–H groups in total. The molecule has 0 aromatic carbocycles. The monoisotopic (exact) mass is 364 g/mol. The molecule has 0 aromatic heterocycles. The second-order valence-corrected chi connectivity index (χ2v) is 8.33. The Morgan fingerprint density at radius 2 is 1.21 bits per heavy atom. The third-order valence-electron chi connectivity index (χ3n) is 4.96. The van der Waals surface area contributed by atoms with Gasteiger partial charge in [-0.3, -0.25) is 14.1 Å². The van der Waals surface area contributed by atoms with E-state index in [2.05, 4.69) is 0 Å². The van der Waals surface area contributed by atoms with Crippen molar-refractivity contribution in [3.63, 3.8) is 0 Å². The van der Waals surface area contributed by atoms with Crippen molar-refractivity contribution >= 4 is 22.1 Å². The van der Waals surface area contributed by atoms with E-state index in [1.54, 1.807) is 25.7 Å². The predicted molar refractivity (Wildman–Crippen MR) is 88.4 cm³/mol. The van der Waals surface area contributed by atoms with Crippen molar-refractivity contribution in [1.82, 2.24) is 0 Å². The highest BCUT2D eigenvalue weighted by Gasteiger charge is 2.33. The molecule has 0 aromatic rings. The Morgan fingerprint density at radius 1 is 0.833 bits per heavy atom.